The zero-order valence-corrected chi connectivity index (χ0v) is 9.67. The van der Waals surface area contributed by atoms with Crippen molar-refractivity contribution in [2.24, 2.45) is 0 Å². The van der Waals surface area contributed by atoms with E-state index in [9.17, 15) is 0 Å². The van der Waals surface area contributed by atoms with Gasteiger partial charge in [0.05, 0.1) is 0 Å². The van der Waals surface area contributed by atoms with Crippen LogP contribution in [-0.4, -0.2) is 28.9 Å². The first-order chi connectivity index (χ1) is 6.67. The summed E-state index contributed by atoms with van der Waals surface area (Å²) >= 11 is 5.71. The molecule has 78 valence electrons. The molecule has 0 bridgehead atoms. The zero-order valence-electron chi connectivity index (χ0n) is 8.92. The summed E-state index contributed by atoms with van der Waals surface area (Å²) in [6.07, 6.45) is 0. The fourth-order valence-electron chi connectivity index (χ4n) is 1.35. The van der Waals surface area contributed by atoms with Crippen molar-refractivity contribution >= 4 is 17.5 Å². The summed E-state index contributed by atoms with van der Waals surface area (Å²) in [6.45, 7) is 7.71. The lowest BCUT2D eigenvalue weighted by molar-refractivity contribution is 0.813. The van der Waals surface area contributed by atoms with Gasteiger partial charge in [0.2, 0.25) is 5.95 Å². The highest BCUT2D eigenvalue weighted by atomic mass is 35.5. The Labute approximate surface area is 90.1 Å². The maximum atomic E-state index is 5.71. The molecule has 0 aliphatic carbocycles. The fraction of sp³-hybridized carbons (Fsp3) is 0.600. The number of hydrogen-bond donors (Lipinski definition) is 0. The van der Waals surface area contributed by atoms with Crippen molar-refractivity contribution in [3.8, 4) is 0 Å². The van der Waals surface area contributed by atoms with Crippen LogP contribution in [-0.2, 0) is 0 Å². The Bertz CT molecular complexity index is 281. The van der Waals surface area contributed by atoms with Gasteiger partial charge < -0.3 is 4.90 Å². The molecule has 1 aromatic heterocycles. The lowest BCUT2D eigenvalue weighted by Crippen LogP contribution is -2.27. The zero-order chi connectivity index (χ0) is 10.6. The lowest BCUT2D eigenvalue weighted by atomic mass is 10.3. The van der Waals surface area contributed by atoms with Gasteiger partial charge >= 0.3 is 0 Å². The number of aromatic nitrogens is 2. The molecular formula is C10H16ClN3. The minimum atomic E-state index is 0.601. The van der Waals surface area contributed by atoms with E-state index < -0.39 is 0 Å². The fourth-order valence-corrected chi connectivity index (χ4v) is 1.55. The monoisotopic (exact) mass is 213 g/mol. The van der Waals surface area contributed by atoms with Crippen LogP contribution in [0.2, 0.25) is 0 Å². The second-order valence-electron chi connectivity index (χ2n) is 3.22. The number of hydrogen-bond acceptors (Lipinski definition) is 3. The van der Waals surface area contributed by atoms with Gasteiger partial charge in [0.15, 0.2) is 0 Å². The third-order valence-electron chi connectivity index (χ3n) is 1.99. The molecule has 0 N–H and O–H groups in total. The van der Waals surface area contributed by atoms with Crippen LogP contribution in [0, 0.1) is 13.8 Å². The van der Waals surface area contributed by atoms with Gasteiger partial charge in [-0.1, -0.05) is 0 Å². The highest BCUT2D eigenvalue weighted by molar-refractivity contribution is 6.18. The SMILES string of the molecule is CCN(CCCl)c1nc(C)cc(C)n1. The first-order valence-corrected chi connectivity index (χ1v) is 5.34. The molecule has 1 aromatic rings. The second kappa shape index (κ2) is 5.15. The summed E-state index contributed by atoms with van der Waals surface area (Å²) in [5, 5.41) is 0. The summed E-state index contributed by atoms with van der Waals surface area (Å²) < 4.78 is 0. The molecule has 1 heterocycles. The maximum absolute atomic E-state index is 5.71. The average Bonchev–Trinajstić information content (AvgIpc) is 2.12. The Hall–Kier alpha value is -0.830. The summed E-state index contributed by atoms with van der Waals surface area (Å²) in [6, 6.07) is 1.97. The first-order valence-electron chi connectivity index (χ1n) is 4.80. The van der Waals surface area contributed by atoms with Crippen molar-refractivity contribution in [2.45, 2.75) is 20.8 Å². The van der Waals surface area contributed by atoms with Crippen LogP contribution in [0.4, 0.5) is 5.95 Å². The van der Waals surface area contributed by atoms with Crippen LogP contribution in [0.3, 0.4) is 0 Å². The molecule has 1 rings (SSSR count). The number of halogens is 1. The highest BCUT2D eigenvalue weighted by Gasteiger charge is 2.07. The van der Waals surface area contributed by atoms with Gasteiger partial charge in [0.25, 0.3) is 0 Å². The third kappa shape index (κ3) is 2.84. The van der Waals surface area contributed by atoms with Crippen molar-refractivity contribution in [3.63, 3.8) is 0 Å². The molecule has 0 saturated heterocycles. The maximum Gasteiger partial charge on any atom is 0.225 e. The predicted molar refractivity (Wildman–Crippen MR) is 60.1 cm³/mol. The number of aryl methyl sites for hydroxylation is 2. The van der Waals surface area contributed by atoms with E-state index in [-0.39, 0.29) is 0 Å². The molecular weight excluding hydrogens is 198 g/mol. The second-order valence-corrected chi connectivity index (χ2v) is 3.60. The highest BCUT2D eigenvalue weighted by Crippen LogP contribution is 2.09. The van der Waals surface area contributed by atoms with Crippen LogP contribution in [0.1, 0.15) is 18.3 Å². The Morgan fingerprint density at radius 1 is 1.29 bits per heavy atom. The molecule has 0 amide bonds. The molecule has 0 aromatic carbocycles. The third-order valence-corrected chi connectivity index (χ3v) is 2.16. The summed E-state index contributed by atoms with van der Waals surface area (Å²) in [5.41, 5.74) is 2.00. The van der Waals surface area contributed by atoms with Crippen LogP contribution in [0.5, 0.6) is 0 Å². The molecule has 0 atom stereocenters. The van der Waals surface area contributed by atoms with Gasteiger partial charge in [-0.15, -0.1) is 11.6 Å². The normalized spacial score (nSPS) is 10.3. The van der Waals surface area contributed by atoms with Crippen molar-refractivity contribution < 1.29 is 0 Å². The van der Waals surface area contributed by atoms with E-state index in [1.807, 2.05) is 19.9 Å². The topological polar surface area (TPSA) is 29.0 Å². The first kappa shape index (κ1) is 11.2. The van der Waals surface area contributed by atoms with E-state index in [1.54, 1.807) is 0 Å². The largest absolute Gasteiger partial charge is 0.340 e. The Morgan fingerprint density at radius 3 is 2.29 bits per heavy atom. The number of anilines is 1. The van der Waals surface area contributed by atoms with Crippen molar-refractivity contribution in [1.29, 1.82) is 0 Å². The molecule has 0 aliphatic heterocycles. The number of nitrogens with zero attached hydrogens (tertiary/aromatic N) is 3. The quantitative estimate of drug-likeness (QED) is 0.718. The van der Waals surface area contributed by atoms with E-state index in [0.29, 0.717) is 5.88 Å². The summed E-state index contributed by atoms with van der Waals surface area (Å²) in [7, 11) is 0. The number of alkyl halides is 1. The molecule has 0 radical (unpaired) electrons. The molecule has 0 fully saturated rings. The van der Waals surface area contributed by atoms with Crippen LogP contribution >= 0.6 is 11.6 Å². The van der Waals surface area contributed by atoms with Gasteiger partial charge in [-0.3, -0.25) is 0 Å². The van der Waals surface area contributed by atoms with E-state index in [2.05, 4.69) is 21.8 Å². The minimum Gasteiger partial charge on any atom is -0.340 e. The van der Waals surface area contributed by atoms with E-state index >= 15 is 0 Å². The minimum absolute atomic E-state index is 0.601. The molecule has 0 saturated carbocycles. The molecule has 0 unspecified atom stereocenters. The Kier molecular flexibility index (Phi) is 4.14. The van der Waals surface area contributed by atoms with Crippen LogP contribution < -0.4 is 4.90 Å². The number of rotatable bonds is 4. The summed E-state index contributed by atoms with van der Waals surface area (Å²) in [4.78, 5) is 10.8. The standard InChI is InChI=1S/C10H16ClN3/c1-4-14(6-5-11)10-12-8(2)7-9(3)13-10/h7H,4-6H2,1-3H3. The van der Waals surface area contributed by atoms with E-state index in [4.69, 9.17) is 11.6 Å². The van der Waals surface area contributed by atoms with E-state index in [1.165, 1.54) is 0 Å². The van der Waals surface area contributed by atoms with Crippen molar-refractivity contribution in [1.82, 2.24) is 9.97 Å². The van der Waals surface area contributed by atoms with Gasteiger partial charge in [0.1, 0.15) is 0 Å². The molecule has 4 heteroatoms. The van der Waals surface area contributed by atoms with Crippen molar-refractivity contribution in [2.75, 3.05) is 23.9 Å². The van der Waals surface area contributed by atoms with Gasteiger partial charge in [-0.2, -0.15) is 0 Å². The lowest BCUT2D eigenvalue weighted by Gasteiger charge is -2.19. The predicted octanol–water partition coefficient (Wildman–Crippen LogP) is 2.16. The molecule has 0 spiro atoms. The van der Waals surface area contributed by atoms with Gasteiger partial charge in [-0.05, 0) is 26.8 Å². The van der Waals surface area contributed by atoms with Gasteiger partial charge in [-0.25, -0.2) is 9.97 Å². The average molecular weight is 214 g/mol. The van der Waals surface area contributed by atoms with Crippen LogP contribution in [0.25, 0.3) is 0 Å². The molecule has 14 heavy (non-hydrogen) atoms. The molecule has 3 nitrogen and oxygen atoms in total. The van der Waals surface area contributed by atoms with E-state index in [0.717, 1.165) is 30.4 Å². The Morgan fingerprint density at radius 2 is 1.86 bits per heavy atom. The smallest absolute Gasteiger partial charge is 0.225 e. The van der Waals surface area contributed by atoms with Crippen LogP contribution in [0.15, 0.2) is 6.07 Å². The van der Waals surface area contributed by atoms with Crippen molar-refractivity contribution in [3.05, 3.63) is 17.5 Å². The van der Waals surface area contributed by atoms with Gasteiger partial charge in [0, 0.05) is 30.4 Å². The summed E-state index contributed by atoms with van der Waals surface area (Å²) in [5.74, 6) is 1.38. The Balaban J connectivity index is 2.91. The molecule has 0 aliphatic rings.